The third-order valence-electron chi connectivity index (χ3n) is 6.03. The molecule has 6 heteroatoms. The van der Waals surface area contributed by atoms with Gasteiger partial charge in [-0.3, -0.25) is 14.5 Å². The van der Waals surface area contributed by atoms with Crippen molar-refractivity contribution in [1.82, 2.24) is 15.1 Å². The zero-order valence-corrected chi connectivity index (χ0v) is 15.1. The molecule has 6 nitrogen and oxygen atoms in total. The van der Waals surface area contributed by atoms with E-state index in [0.717, 1.165) is 43.8 Å². The molecule has 0 radical (unpaired) electrons. The molecule has 0 unspecified atom stereocenters. The first-order valence-corrected chi connectivity index (χ1v) is 9.68. The average Bonchev–Trinajstić information content (AvgIpc) is 3.43. The van der Waals surface area contributed by atoms with Gasteiger partial charge in [-0.15, -0.1) is 0 Å². The summed E-state index contributed by atoms with van der Waals surface area (Å²) in [6.45, 7) is 3.47. The summed E-state index contributed by atoms with van der Waals surface area (Å²) in [6.07, 6.45) is 8.90. The minimum Gasteiger partial charge on any atom is -0.368 e. The van der Waals surface area contributed by atoms with E-state index in [4.69, 9.17) is 4.74 Å². The third-order valence-corrected chi connectivity index (χ3v) is 6.03. The minimum atomic E-state index is -0.274. The number of morpholine rings is 1. The molecule has 25 heavy (non-hydrogen) atoms. The smallest absolute Gasteiger partial charge is 0.249 e. The number of nitrogens with zero attached hydrogens (tertiary/aromatic N) is 2. The first kappa shape index (κ1) is 17.0. The molecule has 2 saturated heterocycles. The molecule has 1 saturated carbocycles. The standard InChI is InChI=1S/C19H29N3O3/c1-20-17(23)16-10-25-19(11-21(16)9-14-7-8-14)12-22(13-19)18(24)15-5-3-2-4-6-15/h5,14,16H,2-4,6-13H2,1H3,(H,20,23)/t16-/m0/s1. The van der Waals surface area contributed by atoms with Crippen molar-refractivity contribution < 1.29 is 14.3 Å². The van der Waals surface area contributed by atoms with Crippen LogP contribution in [0.1, 0.15) is 38.5 Å². The number of nitrogens with one attached hydrogen (secondary N) is 1. The van der Waals surface area contributed by atoms with E-state index in [9.17, 15) is 9.59 Å². The maximum Gasteiger partial charge on any atom is 0.249 e. The topological polar surface area (TPSA) is 61.9 Å². The van der Waals surface area contributed by atoms with Gasteiger partial charge in [0.2, 0.25) is 11.8 Å². The third kappa shape index (κ3) is 3.47. The van der Waals surface area contributed by atoms with Gasteiger partial charge in [0.05, 0.1) is 19.7 Å². The second-order valence-electron chi connectivity index (χ2n) is 8.13. The predicted molar refractivity (Wildman–Crippen MR) is 94.0 cm³/mol. The van der Waals surface area contributed by atoms with Crippen LogP contribution in [0.15, 0.2) is 11.6 Å². The Morgan fingerprint density at radius 1 is 1.28 bits per heavy atom. The van der Waals surface area contributed by atoms with E-state index in [1.165, 1.54) is 19.3 Å². The molecule has 1 spiro atoms. The number of hydrogen-bond acceptors (Lipinski definition) is 4. The Labute approximate surface area is 149 Å². The molecule has 1 atom stereocenters. The van der Waals surface area contributed by atoms with Crippen molar-refractivity contribution in [3.63, 3.8) is 0 Å². The Balaban J connectivity index is 1.38. The first-order valence-electron chi connectivity index (χ1n) is 9.68. The van der Waals surface area contributed by atoms with Crippen LogP contribution < -0.4 is 5.32 Å². The molecule has 2 heterocycles. The summed E-state index contributed by atoms with van der Waals surface area (Å²) in [6, 6.07) is -0.193. The number of likely N-dealkylation sites (N-methyl/N-ethyl adjacent to an activating group) is 1. The maximum atomic E-state index is 12.6. The Hall–Kier alpha value is -1.40. The fourth-order valence-corrected chi connectivity index (χ4v) is 4.34. The second-order valence-corrected chi connectivity index (χ2v) is 8.13. The van der Waals surface area contributed by atoms with Crippen LogP contribution in [0.2, 0.25) is 0 Å². The van der Waals surface area contributed by atoms with Crippen LogP contribution in [0.3, 0.4) is 0 Å². The molecule has 2 aliphatic carbocycles. The van der Waals surface area contributed by atoms with Crippen LogP contribution in [0.5, 0.6) is 0 Å². The van der Waals surface area contributed by atoms with Crippen LogP contribution in [-0.2, 0) is 14.3 Å². The number of allylic oxidation sites excluding steroid dienone is 1. The van der Waals surface area contributed by atoms with Crippen molar-refractivity contribution in [3.8, 4) is 0 Å². The molecule has 0 bridgehead atoms. The molecule has 4 aliphatic rings. The van der Waals surface area contributed by atoms with E-state index in [-0.39, 0.29) is 23.5 Å². The molecular weight excluding hydrogens is 318 g/mol. The zero-order chi connectivity index (χ0) is 17.4. The van der Waals surface area contributed by atoms with Gasteiger partial charge in [0.1, 0.15) is 11.6 Å². The molecule has 3 fully saturated rings. The molecule has 2 aliphatic heterocycles. The normalized spacial score (nSPS) is 29.1. The summed E-state index contributed by atoms with van der Waals surface area (Å²) >= 11 is 0. The molecular formula is C19H29N3O3. The summed E-state index contributed by atoms with van der Waals surface area (Å²) in [4.78, 5) is 29.0. The predicted octanol–water partition coefficient (Wildman–Crippen LogP) is 0.925. The summed E-state index contributed by atoms with van der Waals surface area (Å²) in [7, 11) is 1.68. The highest BCUT2D eigenvalue weighted by atomic mass is 16.5. The van der Waals surface area contributed by atoms with Gasteiger partial charge in [-0.05, 0) is 44.4 Å². The molecule has 4 rings (SSSR count). The Morgan fingerprint density at radius 2 is 2.08 bits per heavy atom. The Kier molecular flexibility index (Phi) is 4.58. The van der Waals surface area contributed by atoms with E-state index < -0.39 is 0 Å². The highest BCUT2D eigenvalue weighted by Crippen LogP contribution is 2.36. The number of amides is 2. The Morgan fingerprint density at radius 3 is 2.72 bits per heavy atom. The summed E-state index contributed by atoms with van der Waals surface area (Å²) in [5, 5.41) is 2.76. The average molecular weight is 347 g/mol. The van der Waals surface area contributed by atoms with E-state index in [2.05, 4.69) is 16.3 Å². The number of carbonyl (C=O) groups excluding carboxylic acids is 2. The van der Waals surface area contributed by atoms with Gasteiger partial charge < -0.3 is 15.0 Å². The summed E-state index contributed by atoms with van der Waals surface area (Å²) in [5.41, 5.74) is 0.708. The lowest BCUT2D eigenvalue weighted by atomic mass is 9.88. The van der Waals surface area contributed by atoms with Gasteiger partial charge in [-0.1, -0.05) is 6.08 Å². The number of ether oxygens (including phenoxy) is 1. The van der Waals surface area contributed by atoms with Gasteiger partial charge >= 0.3 is 0 Å². The second kappa shape index (κ2) is 6.72. The minimum absolute atomic E-state index is 0.0371. The largest absolute Gasteiger partial charge is 0.368 e. The molecule has 0 aromatic carbocycles. The van der Waals surface area contributed by atoms with Crippen molar-refractivity contribution >= 4 is 11.8 Å². The van der Waals surface area contributed by atoms with Crippen molar-refractivity contribution in [3.05, 3.63) is 11.6 Å². The lowest BCUT2D eigenvalue weighted by Gasteiger charge is -2.55. The van der Waals surface area contributed by atoms with Gasteiger partial charge in [-0.2, -0.15) is 0 Å². The lowest BCUT2D eigenvalue weighted by Crippen LogP contribution is -2.73. The van der Waals surface area contributed by atoms with Crippen molar-refractivity contribution in [2.75, 3.05) is 39.8 Å². The molecule has 0 aromatic rings. The maximum absolute atomic E-state index is 12.6. The SMILES string of the molecule is CNC(=O)[C@@H]1COC2(CN(C(=O)C3=CCCCC3)C2)CN1CC1CC1. The lowest BCUT2D eigenvalue weighted by molar-refractivity contribution is -0.203. The zero-order valence-electron chi connectivity index (χ0n) is 15.1. The summed E-state index contributed by atoms with van der Waals surface area (Å²) in [5.74, 6) is 0.957. The van der Waals surface area contributed by atoms with E-state index in [1.807, 2.05) is 4.90 Å². The monoisotopic (exact) mass is 347 g/mol. The fourth-order valence-electron chi connectivity index (χ4n) is 4.34. The molecule has 0 aromatic heterocycles. The highest BCUT2D eigenvalue weighted by molar-refractivity contribution is 5.94. The number of carbonyl (C=O) groups is 2. The fraction of sp³-hybridized carbons (Fsp3) is 0.789. The van der Waals surface area contributed by atoms with E-state index in [1.54, 1.807) is 7.05 Å². The van der Waals surface area contributed by atoms with Gasteiger partial charge in [-0.25, -0.2) is 0 Å². The van der Waals surface area contributed by atoms with Crippen LogP contribution in [-0.4, -0.2) is 73.1 Å². The number of hydrogen-bond donors (Lipinski definition) is 1. The molecule has 1 N–H and O–H groups in total. The number of rotatable bonds is 4. The van der Waals surface area contributed by atoms with Crippen LogP contribution in [0.4, 0.5) is 0 Å². The first-order chi connectivity index (χ1) is 12.1. The van der Waals surface area contributed by atoms with Crippen LogP contribution in [0.25, 0.3) is 0 Å². The van der Waals surface area contributed by atoms with Gasteiger partial charge in [0, 0.05) is 25.7 Å². The highest BCUT2D eigenvalue weighted by Gasteiger charge is 2.52. The van der Waals surface area contributed by atoms with Gasteiger partial charge in [0.15, 0.2) is 0 Å². The van der Waals surface area contributed by atoms with Crippen LogP contribution >= 0.6 is 0 Å². The van der Waals surface area contributed by atoms with Crippen molar-refractivity contribution in [2.24, 2.45) is 5.92 Å². The van der Waals surface area contributed by atoms with Crippen molar-refractivity contribution in [1.29, 1.82) is 0 Å². The Bertz CT molecular complexity index is 578. The summed E-state index contributed by atoms with van der Waals surface area (Å²) < 4.78 is 6.12. The quantitative estimate of drug-likeness (QED) is 0.822. The molecule has 2 amide bonds. The number of likely N-dealkylation sites (tertiary alicyclic amines) is 1. The van der Waals surface area contributed by atoms with E-state index in [0.29, 0.717) is 19.7 Å². The van der Waals surface area contributed by atoms with E-state index >= 15 is 0 Å². The van der Waals surface area contributed by atoms with Crippen LogP contribution in [0, 0.1) is 5.92 Å². The van der Waals surface area contributed by atoms with Gasteiger partial charge in [0.25, 0.3) is 0 Å². The molecule has 138 valence electrons. The van der Waals surface area contributed by atoms with Crippen molar-refractivity contribution in [2.45, 2.75) is 50.2 Å².